The number of alkyl halides is 3. The number of amides is 1. The number of carbonyl (C=O) groups excluding carboxylic acids is 1. The van der Waals surface area contributed by atoms with E-state index in [4.69, 9.17) is 16.3 Å². The van der Waals surface area contributed by atoms with E-state index in [2.05, 4.69) is 5.32 Å². The Kier molecular flexibility index (Phi) is 5.33. The zero-order valence-electron chi connectivity index (χ0n) is 12.3. The van der Waals surface area contributed by atoms with Gasteiger partial charge in [-0.25, -0.2) is 4.39 Å². The molecule has 0 aliphatic carbocycles. The molecule has 0 heterocycles. The molecule has 0 saturated carbocycles. The first-order valence-corrected chi connectivity index (χ1v) is 7.14. The second kappa shape index (κ2) is 7.09. The lowest BCUT2D eigenvalue weighted by molar-refractivity contribution is -0.137. The standard InChI is InChI=1S/C16H12ClF4NO2/c1-9(15(23)22-14-7-4-11(18)8-13(14)17)24-12-5-2-10(3-6-12)16(19,20)21/h2-9H,1H3,(H,22,23)/t9-/m1/s1. The highest BCUT2D eigenvalue weighted by Gasteiger charge is 2.30. The van der Waals surface area contributed by atoms with Crippen LogP contribution in [0, 0.1) is 5.82 Å². The van der Waals surface area contributed by atoms with Crippen LogP contribution in [0.25, 0.3) is 0 Å². The van der Waals surface area contributed by atoms with Crippen molar-refractivity contribution in [2.75, 3.05) is 5.32 Å². The Morgan fingerprint density at radius 2 is 1.79 bits per heavy atom. The molecule has 2 aromatic carbocycles. The number of anilines is 1. The molecule has 8 heteroatoms. The maximum absolute atomic E-state index is 12.9. The smallest absolute Gasteiger partial charge is 0.416 e. The van der Waals surface area contributed by atoms with Gasteiger partial charge < -0.3 is 10.1 Å². The summed E-state index contributed by atoms with van der Waals surface area (Å²) in [5, 5.41) is 2.47. The van der Waals surface area contributed by atoms with E-state index in [0.717, 1.165) is 36.4 Å². The molecule has 0 saturated heterocycles. The average Bonchev–Trinajstić information content (AvgIpc) is 2.49. The second-order valence-corrected chi connectivity index (χ2v) is 5.30. The van der Waals surface area contributed by atoms with Gasteiger partial charge in [-0.3, -0.25) is 4.79 Å². The third-order valence-corrected chi connectivity index (χ3v) is 3.37. The summed E-state index contributed by atoms with van der Waals surface area (Å²) in [5.74, 6) is -1.02. The predicted molar refractivity (Wildman–Crippen MR) is 81.6 cm³/mol. The zero-order valence-corrected chi connectivity index (χ0v) is 13.1. The van der Waals surface area contributed by atoms with Crippen molar-refractivity contribution in [3.8, 4) is 5.75 Å². The highest BCUT2D eigenvalue weighted by molar-refractivity contribution is 6.33. The van der Waals surface area contributed by atoms with E-state index in [1.165, 1.54) is 13.0 Å². The van der Waals surface area contributed by atoms with Crippen molar-refractivity contribution in [1.82, 2.24) is 0 Å². The van der Waals surface area contributed by atoms with Crippen LogP contribution >= 0.6 is 11.6 Å². The number of rotatable bonds is 4. The topological polar surface area (TPSA) is 38.3 Å². The van der Waals surface area contributed by atoms with Gasteiger partial charge in [-0.05, 0) is 49.4 Å². The quantitative estimate of drug-likeness (QED) is 0.786. The number of halogens is 5. The molecule has 1 atom stereocenters. The van der Waals surface area contributed by atoms with E-state index < -0.39 is 29.6 Å². The Bertz CT molecular complexity index is 732. The van der Waals surface area contributed by atoms with Crippen LogP contribution < -0.4 is 10.1 Å². The molecule has 3 nitrogen and oxygen atoms in total. The zero-order chi connectivity index (χ0) is 17.9. The van der Waals surface area contributed by atoms with Crippen molar-refractivity contribution in [3.63, 3.8) is 0 Å². The van der Waals surface area contributed by atoms with Crippen LogP contribution in [0.1, 0.15) is 12.5 Å². The molecular formula is C16H12ClF4NO2. The number of nitrogens with one attached hydrogen (secondary N) is 1. The van der Waals surface area contributed by atoms with Gasteiger partial charge in [0.05, 0.1) is 16.3 Å². The molecule has 0 unspecified atom stereocenters. The molecule has 2 rings (SSSR count). The fourth-order valence-electron chi connectivity index (χ4n) is 1.81. The second-order valence-electron chi connectivity index (χ2n) is 4.90. The Balaban J connectivity index is 2.01. The van der Waals surface area contributed by atoms with Gasteiger partial charge >= 0.3 is 6.18 Å². The maximum Gasteiger partial charge on any atom is 0.416 e. The Morgan fingerprint density at radius 3 is 2.33 bits per heavy atom. The average molecular weight is 362 g/mol. The lowest BCUT2D eigenvalue weighted by atomic mass is 10.2. The first kappa shape index (κ1) is 18.1. The molecule has 2 aromatic rings. The van der Waals surface area contributed by atoms with Gasteiger partial charge in [0.1, 0.15) is 11.6 Å². The highest BCUT2D eigenvalue weighted by Crippen LogP contribution is 2.30. The van der Waals surface area contributed by atoms with E-state index >= 15 is 0 Å². The van der Waals surface area contributed by atoms with Crippen molar-refractivity contribution in [3.05, 3.63) is 58.9 Å². The lowest BCUT2D eigenvalue weighted by Gasteiger charge is -2.16. The van der Waals surface area contributed by atoms with Crippen molar-refractivity contribution in [1.29, 1.82) is 0 Å². The summed E-state index contributed by atoms with van der Waals surface area (Å²) >= 11 is 5.80. The monoisotopic (exact) mass is 361 g/mol. The molecule has 0 bridgehead atoms. The van der Waals surface area contributed by atoms with Crippen molar-refractivity contribution in [2.45, 2.75) is 19.2 Å². The van der Waals surface area contributed by atoms with Gasteiger partial charge in [-0.2, -0.15) is 13.2 Å². The maximum atomic E-state index is 12.9. The third kappa shape index (κ3) is 4.61. The molecule has 0 radical (unpaired) electrons. The molecular weight excluding hydrogens is 350 g/mol. The van der Waals surface area contributed by atoms with Crippen LogP contribution in [0.15, 0.2) is 42.5 Å². The number of benzene rings is 2. The summed E-state index contributed by atoms with van der Waals surface area (Å²) in [6, 6.07) is 7.42. The number of carbonyl (C=O) groups is 1. The fraction of sp³-hybridized carbons (Fsp3) is 0.188. The third-order valence-electron chi connectivity index (χ3n) is 3.05. The molecule has 0 spiro atoms. The van der Waals surface area contributed by atoms with E-state index in [1.807, 2.05) is 0 Å². The Morgan fingerprint density at radius 1 is 1.17 bits per heavy atom. The molecule has 0 aromatic heterocycles. The van der Waals surface area contributed by atoms with Gasteiger partial charge in [0.15, 0.2) is 6.10 Å². The minimum Gasteiger partial charge on any atom is -0.481 e. The van der Waals surface area contributed by atoms with Gasteiger partial charge in [-0.1, -0.05) is 11.6 Å². The van der Waals surface area contributed by atoms with E-state index in [-0.39, 0.29) is 16.5 Å². The van der Waals surface area contributed by atoms with Gasteiger partial charge in [0.25, 0.3) is 5.91 Å². The Hall–Kier alpha value is -2.28. The number of ether oxygens (including phenoxy) is 1. The summed E-state index contributed by atoms with van der Waals surface area (Å²) in [6.45, 7) is 1.42. The van der Waals surface area contributed by atoms with Crippen molar-refractivity contribution < 1.29 is 27.1 Å². The summed E-state index contributed by atoms with van der Waals surface area (Å²) < 4.78 is 55.7. The minimum atomic E-state index is -4.44. The van der Waals surface area contributed by atoms with Crippen LogP contribution in [0.3, 0.4) is 0 Å². The van der Waals surface area contributed by atoms with Crippen LogP contribution in [0.4, 0.5) is 23.2 Å². The summed E-state index contributed by atoms with van der Waals surface area (Å²) in [6.07, 6.45) is -5.44. The van der Waals surface area contributed by atoms with Crippen molar-refractivity contribution in [2.24, 2.45) is 0 Å². The summed E-state index contributed by atoms with van der Waals surface area (Å²) in [5.41, 5.74) is -0.615. The molecule has 0 aliphatic rings. The first-order chi connectivity index (χ1) is 11.2. The summed E-state index contributed by atoms with van der Waals surface area (Å²) in [4.78, 5) is 12.0. The molecule has 24 heavy (non-hydrogen) atoms. The Labute approximate surface area is 140 Å². The van der Waals surface area contributed by atoms with Crippen LogP contribution in [-0.2, 0) is 11.0 Å². The molecule has 128 valence electrons. The molecule has 1 amide bonds. The molecule has 0 fully saturated rings. The van der Waals surface area contributed by atoms with E-state index in [9.17, 15) is 22.4 Å². The van der Waals surface area contributed by atoms with Crippen LogP contribution in [0.2, 0.25) is 5.02 Å². The lowest BCUT2D eigenvalue weighted by Crippen LogP contribution is -2.30. The SMILES string of the molecule is C[C@@H](Oc1ccc(C(F)(F)F)cc1)C(=O)Nc1ccc(F)cc1Cl. The normalized spacial score (nSPS) is 12.6. The first-order valence-electron chi connectivity index (χ1n) is 6.76. The van der Waals surface area contributed by atoms with E-state index in [1.54, 1.807) is 0 Å². The van der Waals surface area contributed by atoms with Crippen LogP contribution in [-0.4, -0.2) is 12.0 Å². The molecule has 1 N–H and O–H groups in total. The van der Waals surface area contributed by atoms with Gasteiger partial charge in [0.2, 0.25) is 0 Å². The van der Waals surface area contributed by atoms with E-state index in [0.29, 0.717) is 0 Å². The fourth-order valence-corrected chi connectivity index (χ4v) is 2.02. The minimum absolute atomic E-state index is 0.0186. The predicted octanol–water partition coefficient (Wildman–Crippen LogP) is 4.90. The summed E-state index contributed by atoms with van der Waals surface area (Å²) in [7, 11) is 0. The largest absolute Gasteiger partial charge is 0.481 e. The van der Waals surface area contributed by atoms with Gasteiger partial charge in [0, 0.05) is 0 Å². The van der Waals surface area contributed by atoms with Crippen molar-refractivity contribution >= 4 is 23.2 Å². The number of hydrogen-bond acceptors (Lipinski definition) is 2. The highest BCUT2D eigenvalue weighted by atomic mass is 35.5. The number of hydrogen-bond donors (Lipinski definition) is 1. The van der Waals surface area contributed by atoms with Gasteiger partial charge in [-0.15, -0.1) is 0 Å². The molecule has 0 aliphatic heterocycles. The van der Waals surface area contributed by atoms with Crippen LogP contribution in [0.5, 0.6) is 5.75 Å².